The first kappa shape index (κ1) is 17.1. The molecule has 128 valence electrons. The fourth-order valence-corrected chi connectivity index (χ4v) is 4.88. The van der Waals surface area contributed by atoms with Crippen LogP contribution in [0.2, 0.25) is 5.02 Å². The quantitative estimate of drug-likeness (QED) is 0.762. The fraction of sp³-hybridized carbons (Fsp3) is 0.700. The van der Waals surface area contributed by atoms with Crippen molar-refractivity contribution >= 4 is 17.3 Å². The van der Waals surface area contributed by atoms with Gasteiger partial charge < -0.3 is 10.2 Å². The second-order valence-corrected chi connectivity index (χ2v) is 7.69. The molecular formula is C20H31ClN2. The van der Waals surface area contributed by atoms with E-state index in [2.05, 4.69) is 43.1 Å². The number of fused-ring (bicyclic) bond motifs is 1. The van der Waals surface area contributed by atoms with E-state index in [4.69, 9.17) is 11.6 Å². The molecule has 0 bridgehead atoms. The van der Waals surface area contributed by atoms with Crippen LogP contribution in [0.25, 0.3) is 0 Å². The van der Waals surface area contributed by atoms with Crippen molar-refractivity contribution in [3.63, 3.8) is 0 Å². The number of nitrogens with zero attached hydrogens (tertiary/aromatic N) is 1. The minimum Gasteiger partial charge on any atom is -0.371 e. The third-order valence-electron chi connectivity index (χ3n) is 6.26. The summed E-state index contributed by atoms with van der Waals surface area (Å²) in [4.78, 5) is 2.54. The van der Waals surface area contributed by atoms with Crippen LogP contribution < -0.4 is 10.2 Å². The summed E-state index contributed by atoms with van der Waals surface area (Å²) < 4.78 is 0. The molecule has 0 spiro atoms. The summed E-state index contributed by atoms with van der Waals surface area (Å²) >= 11 is 6.67. The standard InChI is InChI=1S/C20H31ClN2/c1-4-20(5-2)14-23(6-3)18-12-11-17(21)16(19(18)20)13-22-15-9-7-8-10-15/h11-12,15,22H,4-10,13-14H2,1-3H3. The lowest BCUT2D eigenvalue weighted by Crippen LogP contribution is -2.33. The molecule has 2 nitrogen and oxygen atoms in total. The van der Waals surface area contributed by atoms with Crippen LogP contribution in [0.1, 0.15) is 70.4 Å². The highest BCUT2D eigenvalue weighted by molar-refractivity contribution is 6.31. The monoisotopic (exact) mass is 334 g/mol. The van der Waals surface area contributed by atoms with E-state index in [0.29, 0.717) is 6.04 Å². The number of rotatable bonds is 6. The van der Waals surface area contributed by atoms with Crippen LogP contribution in [0.5, 0.6) is 0 Å². The molecule has 3 heteroatoms. The van der Waals surface area contributed by atoms with Crippen LogP contribution in [-0.4, -0.2) is 19.1 Å². The molecule has 0 saturated heterocycles. The molecule has 0 amide bonds. The van der Waals surface area contributed by atoms with E-state index in [1.54, 1.807) is 0 Å². The summed E-state index contributed by atoms with van der Waals surface area (Å²) in [5, 5.41) is 4.73. The average Bonchev–Trinajstić information content (AvgIpc) is 3.20. The molecular weight excluding hydrogens is 304 g/mol. The summed E-state index contributed by atoms with van der Waals surface area (Å²) in [6, 6.07) is 5.03. The molecule has 23 heavy (non-hydrogen) atoms. The molecule has 0 unspecified atom stereocenters. The van der Waals surface area contributed by atoms with Gasteiger partial charge in [0, 0.05) is 41.8 Å². The third kappa shape index (κ3) is 3.00. The first-order chi connectivity index (χ1) is 11.1. The van der Waals surface area contributed by atoms with Crippen molar-refractivity contribution in [2.75, 3.05) is 18.0 Å². The number of benzene rings is 1. The van der Waals surface area contributed by atoms with Gasteiger partial charge in [-0.1, -0.05) is 38.3 Å². The van der Waals surface area contributed by atoms with Crippen LogP contribution in [-0.2, 0) is 12.0 Å². The lowest BCUT2D eigenvalue weighted by atomic mass is 9.75. The van der Waals surface area contributed by atoms with Crippen molar-refractivity contribution in [3.8, 4) is 0 Å². The Bertz CT molecular complexity index is 545. The van der Waals surface area contributed by atoms with Crippen LogP contribution in [0.3, 0.4) is 0 Å². The number of hydrogen-bond donors (Lipinski definition) is 1. The van der Waals surface area contributed by atoms with Crippen LogP contribution in [0.15, 0.2) is 12.1 Å². The zero-order valence-corrected chi connectivity index (χ0v) is 15.7. The van der Waals surface area contributed by atoms with Gasteiger partial charge in [-0.3, -0.25) is 0 Å². The summed E-state index contributed by atoms with van der Waals surface area (Å²) in [7, 11) is 0. The Balaban J connectivity index is 1.97. The van der Waals surface area contributed by atoms with Gasteiger partial charge in [-0.2, -0.15) is 0 Å². The molecule has 0 aromatic heterocycles. The molecule has 2 aliphatic rings. The maximum absolute atomic E-state index is 6.67. The molecule has 1 fully saturated rings. The van der Waals surface area contributed by atoms with Gasteiger partial charge in [0.25, 0.3) is 0 Å². The molecule has 0 radical (unpaired) electrons. The first-order valence-electron chi connectivity index (χ1n) is 9.45. The second kappa shape index (κ2) is 7.03. The molecule has 1 aromatic carbocycles. The normalized spacial score (nSPS) is 20.3. The maximum atomic E-state index is 6.67. The molecule has 1 saturated carbocycles. The zero-order chi connectivity index (χ0) is 16.4. The highest BCUT2D eigenvalue weighted by atomic mass is 35.5. The Kier molecular flexibility index (Phi) is 5.22. The average molecular weight is 335 g/mol. The number of hydrogen-bond acceptors (Lipinski definition) is 2. The summed E-state index contributed by atoms with van der Waals surface area (Å²) in [6.07, 6.45) is 7.75. The third-order valence-corrected chi connectivity index (χ3v) is 6.61. The second-order valence-electron chi connectivity index (χ2n) is 7.28. The van der Waals surface area contributed by atoms with Crippen LogP contribution in [0.4, 0.5) is 5.69 Å². The van der Waals surface area contributed by atoms with E-state index in [1.807, 2.05) is 0 Å². The van der Waals surface area contributed by atoms with Crippen molar-refractivity contribution in [1.29, 1.82) is 0 Å². The Morgan fingerprint density at radius 2 is 1.87 bits per heavy atom. The number of anilines is 1. The smallest absolute Gasteiger partial charge is 0.0455 e. The van der Waals surface area contributed by atoms with E-state index in [-0.39, 0.29) is 5.41 Å². The summed E-state index contributed by atoms with van der Waals surface area (Å²) in [6.45, 7) is 10.1. The Morgan fingerprint density at radius 1 is 1.17 bits per heavy atom. The van der Waals surface area contributed by atoms with Gasteiger partial charge in [-0.25, -0.2) is 0 Å². The van der Waals surface area contributed by atoms with E-state index < -0.39 is 0 Å². The number of halogens is 1. The van der Waals surface area contributed by atoms with Gasteiger partial charge in [-0.05, 0) is 55.9 Å². The van der Waals surface area contributed by atoms with Crippen molar-refractivity contribution in [2.24, 2.45) is 0 Å². The predicted octanol–water partition coefficient (Wildman–Crippen LogP) is 5.27. The Morgan fingerprint density at radius 3 is 2.48 bits per heavy atom. The molecule has 1 aromatic rings. The minimum absolute atomic E-state index is 0.267. The molecule has 1 aliphatic carbocycles. The van der Waals surface area contributed by atoms with Gasteiger partial charge in [-0.15, -0.1) is 0 Å². The van der Waals surface area contributed by atoms with E-state index in [1.165, 1.54) is 55.3 Å². The van der Waals surface area contributed by atoms with E-state index >= 15 is 0 Å². The highest BCUT2D eigenvalue weighted by Crippen LogP contribution is 2.48. The highest BCUT2D eigenvalue weighted by Gasteiger charge is 2.41. The Hall–Kier alpha value is -0.730. The van der Waals surface area contributed by atoms with Gasteiger partial charge in [0.05, 0.1) is 0 Å². The first-order valence-corrected chi connectivity index (χ1v) is 9.83. The van der Waals surface area contributed by atoms with Crippen LogP contribution >= 0.6 is 11.6 Å². The maximum Gasteiger partial charge on any atom is 0.0455 e. The fourth-order valence-electron chi connectivity index (χ4n) is 4.65. The zero-order valence-electron chi connectivity index (χ0n) is 14.9. The van der Waals surface area contributed by atoms with Gasteiger partial charge in [0.2, 0.25) is 0 Å². The van der Waals surface area contributed by atoms with Crippen molar-refractivity contribution in [2.45, 2.75) is 77.3 Å². The van der Waals surface area contributed by atoms with Gasteiger partial charge >= 0.3 is 0 Å². The molecule has 1 N–H and O–H groups in total. The molecule has 3 rings (SSSR count). The van der Waals surface area contributed by atoms with Crippen molar-refractivity contribution < 1.29 is 0 Å². The largest absolute Gasteiger partial charge is 0.371 e. The number of nitrogens with one attached hydrogen (secondary N) is 1. The number of likely N-dealkylation sites (N-methyl/N-ethyl adjacent to an activating group) is 1. The molecule has 0 atom stereocenters. The van der Waals surface area contributed by atoms with Gasteiger partial charge in [0.1, 0.15) is 0 Å². The molecule has 1 aliphatic heterocycles. The van der Waals surface area contributed by atoms with E-state index in [0.717, 1.165) is 24.7 Å². The SMILES string of the molecule is CCN1CC(CC)(CC)c2c1ccc(Cl)c2CNC1CCCC1. The topological polar surface area (TPSA) is 15.3 Å². The summed E-state index contributed by atoms with van der Waals surface area (Å²) in [5.74, 6) is 0. The van der Waals surface area contributed by atoms with Crippen molar-refractivity contribution in [3.05, 3.63) is 28.3 Å². The lowest BCUT2D eigenvalue weighted by molar-refractivity contribution is 0.415. The summed E-state index contributed by atoms with van der Waals surface area (Å²) in [5.41, 5.74) is 4.57. The molecule has 1 heterocycles. The minimum atomic E-state index is 0.267. The van der Waals surface area contributed by atoms with Crippen LogP contribution in [0, 0.1) is 0 Å². The van der Waals surface area contributed by atoms with E-state index in [9.17, 15) is 0 Å². The van der Waals surface area contributed by atoms with Crippen molar-refractivity contribution in [1.82, 2.24) is 5.32 Å². The lowest BCUT2D eigenvalue weighted by Gasteiger charge is -2.30. The predicted molar refractivity (Wildman–Crippen MR) is 101 cm³/mol. The Labute approximate surface area is 146 Å². The van der Waals surface area contributed by atoms with Gasteiger partial charge in [0.15, 0.2) is 0 Å².